The van der Waals surface area contributed by atoms with Crippen molar-refractivity contribution in [1.29, 1.82) is 5.41 Å². The minimum absolute atomic E-state index is 0.0140. The Morgan fingerprint density at radius 3 is 2.64 bits per heavy atom. The molecule has 0 bridgehead atoms. The highest BCUT2D eigenvalue weighted by Crippen LogP contribution is 2.24. The van der Waals surface area contributed by atoms with Gasteiger partial charge in [-0.25, -0.2) is 4.98 Å². The van der Waals surface area contributed by atoms with E-state index < -0.39 is 18.0 Å². The number of nitrogens with one attached hydrogen (secondary N) is 2. The molecule has 248 valence electrons. The molecular formula is C34H40ClN7O4S. The summed E-state index contributed by atoms with van der Waals surface area (Å²) in [4.78, 5) is 63.5. The van der Waals surface area contributed by atoms with E-state index in [0.717, 1.165) is 30.4 Å². The second-order valence-electron chi connectivity index (χ2n) is 12.1. The standard InChI is InChI=1S/C34H40ClN7O4S/c35-26-12-4-9-24(17-26)19-28-33(46)40(14-5-10-23-7-2-1-3-8-23)22-30(44)42(28)21-29(43)39-27(31(45)32-38-13-16-47-32)18-25-11-6-15-41(20-25)34(36)37/h1-4,7-9,12-13,16-17,25,27-28H,5-6,10-11,14-15,18-22H2,(H3,36,37)(H,39,43)/t25-,27+,28-/m1/s1. The van der Waals surface area contributed by atoms with Crippen molar-refractivity contribution in [1.82, 2.24) is 25.0 Å². The Morgan fingerprint density at radius 1 is 1.13 bits per heavy atom. The molecule has 1 aromatic heterocycles. The number of guanidine groups is 1. The summed E-state index contributed by atoms with van der Waals surface area (Å²) in [5.41, 5.74) is 7.66. The van der Waals surface area contributed by atoms with Gasteiger partial charge in [-0.15, -0.1) is 11.3 Å². The number of ketones is 1. The van der Waals surface area contributed by atoms with E-state index in [4.69, 9.17) is 22.7 Å². The summed E-state index contributed by atoms with van der Waals surface area (Å²) in [5.74, 6) is -1.41. The molecule has 11 nitrogen and oxygen atoms in total. The van der Waals surface area contributed by atoms with Crippen LogP contribution in [-0.2, 0) is 27.2 Å². The van der Waals surface area contributed by atoms with Crippen molar-refractivity contribution in [2.75, 3.05) is 32.7 Å². The third kappa shape index (κ3) is 9.17. The van der Waals surface area contributed by atoms with Gasteiger partial charge >= 0.3 is 0 Å². The van der Waals surface area contributed by atoms with Gasteiger partial charge in [-0.2, -0.15) is 0 Å². The fraction of sp³-hybridized carbons (Fsp3) is 0.412. The molecular weight excluding hydrogens is 638 g/mol. The molecule has 0 spiro atoms. The van der Waals surface area contributed by atoms with Crippen molar-refractivity contribution < 1.29 is 19.2 Å². The zero-order valence-electron chi connectivity index (χ0n) is 26.1. The summed E-state index contributed by atoms with van der Waals surface area (Å²) in [6.45, 7) is 1.09. The summed E-state index contributed by atoms with van der Waals surface area (Å²) < 4.78 is 0. The van der Waals surface area contributed by atoms with Crippen LogP contribution in [0.2, 0.25) is 5.02 Å². The highest BCUT2D eigenvalue weighted by molar-refractivity contribution is 7.11. The molecule has 2 aliphatic heterocycles. The van der Waals surface area contributed by atoms with E-state index in [1.54, 1.807) is 39.6 Å². The summed E-state index contributed by atoms with van der Waals surface area (Å²) in [6, 6.07) is 15.3. The van der Waals surface area contributed by atoms with Crippen LogP contribution in [0.5, 0.6) is 0 Å². The number of aromatic nitrogens is 1. The quantitative estimate of drug-likeness (QED) is 0.142. The van der Waals surface area contributed by atoms with Gasteiger partial charge in [0.25, 0.3) is 0 Å². The second-order valence-corrected chi connectivity index (χ2v) is 13.4. The summed E-state index contributed by atoms with van der Waals surface area (Å²) in [7, 11) is 0. The SMILES string of the molecule is N=C(N)N1CCC[C@H](C[C@H](NC(=O)CN2C(=O)CN(CCCc3ccccc3)C(=O)[C@H]2Cc2cccc(Cl)c2)C(=O)c2nccs2)C1. The van der Waals surface area contributed by atoms with Crippen LogP contribution in [0.1, 0.15) is 46.6 Å². The van der Waals surface area contributed by atoms with E-state index in [1.807, 2.05) is 36.4 Å². The van der Waals surface area contributed by atoms with Crippen molar-refractivity contribution in [3.8, 4) is 0 Å². The first kappa shape index (κ1) is 34.1. The highest BCUT2D eigenvalue weighted by Gasteiger charge is 2.40. The first-order valence-corrected chi connectivity index (χ1v) is 17.1. The number of thiazole rings is 1. The highest BCUT2D eigenvalue weighted by atomic mass is 35.5. The third-order valence-corrected chi connectivity index (χ3v) is 9.73. The molecule has 2 aliphatic rings. The van der Waals surface area contributed by atoms with Crippen LogP contribution < -0.4 is 11.1 Å². The van der Waals surface area contributed by atoms with Crippen LogP contribution in [0.4, 0.5) is 0 Å². The van der Waals surface area contributed by atoms with Gasteiger partial charge in [-0.05, 0) is 61.3 Å². The summed E-state index contributed by atoms with van der Waals surface area (Å²) in [5, 5.41) is 13.2. The zero-order chi connectivity index (χ0) is 33.3. The van der Waals surface area contributed by atoms with E-state index in [0.29, 0.717) is 37.5 Å². The fourth-order valence-electron chi connectivity index (χ4n) is 6.37. The van der Waals surface area contributed by atoms with Crippen molar-refractivity contribution in [3.63, 3.8) is 0 Å². The Labute approximate surface area is 283 Å². The predicted octanol–water partition coefficient (Wildman–Crippen LogP) is 3.37. The Hall–Kier alpha value is -4.29. The van der Waals surface area contributed by atoms with Crippen molar-refractivity contribution >= 4 is 52.4 Å². The third-order valence-electron chi connectivity index (χ3n) is 8.71. The predicted molar refractivity (Wildman–Crippen MR) is 181 cm³/mol. The monoisotopic (exact) mass is 677 g/mol. The number of likely N-dealkylation sites (tertiary alicyclic amines) is 1. The number of aryl methyl sites for hydroxylation is 1. The van der Waals surface area contributed by atoms with Gasteiger partial charge in [0.1, 0.15) is 12.6 Å². The molecule has 47 heavy (non-hydrogen) atoms. The van der Waals surface area contributed by atoms with Crippen LogP contribution in [-0.4, -0.2) is 94.0 Å². The molecule has 0 unspecified atom stereocenters. The average molecular weight is 678 g/mol. The molecule has 5 rings (SSSR count). The summed E-state index contributed by atoms with van der Waals surface area (Å²) >= 11 is 7.44. The van der Waals surface area contributed by atoms with Crippen LogP contribution in [0.25, 0.3) is 0 Å². The molecule has 13 heteroatoms. The molecule has 0 radical (unpaired) electrons. The molecule has 3 atom stereocenters. The molecule has 3 heterocycles. The molecule has 3 amide bonds. The topological polar surface area (TPSA) is 153 Å². The molecule has 0 aliphatic carbocycles. The molecule has 2 fully saturated rings. The lowest BCUT2D eigenvalue weighted by molar-refractivity contribution is -0.157. The number of halogens is 1. The maximum atomic E-state index is 13.9. The maximum Gasteiger partial charge on any atom is 0.246 e. The number of piperazine rings is 1. The molecule has 2 aromatic carbocycles. The second kappa shape index (κ2) is 16.0. The number of Topliss-reactive ketones (excluding diaryl/α,β-unsaturated/α-hetero) is 1. The Bertz CT molecular complexity index is 1570. The smallest absolute Gasteiger partial charge is 0.246 e. The number of hydrogen-bond acceptors (Lipinski definition) is 7. The van der Waals surface area contributed by atoms with Crippen LogP contribution in [0.15, 0.2) is 66.2 Å². The molecule has 3 aromatic rings. The van der Waals surface area contributed by atoms with Gasteiger partial charge in [0.15, 0.2) is 11.0 Å². The molecule has 2 saturated heterocycles. The maximum absolute atomic E-state index is 13.9. The van der Waals surface area contributed by atoms with Gasteiger partial charge in [-0.1, -0.05) is 54.1 Å². The van der Waals surface area contributed by atoms with E-state index in [2.05, 4.69) is 10.3 Å². The number of nitrogens with two attached hydrogens (primary N) is 1. The lowest BCUT2D eigenvalue weighted by Crippen LogP contribution is -2.62. The van der Waals surface area contributed by atoms with Crippen LogP contribution in [0.3, 0.4) is 0 Å². The fourth-order valence-corrected chi connectivity index (χ4v) is 7.21. The lowest BCUT2D eigenvalue weighted by Gasteiger charge is -2.40. The first-order valence-electron chi connectivity index (χ1n) is 15.9. The number of rotatable bonds is 13. The van der Waals surface area contributed by atoms with Gasteiger partial charge in [0.05, 0.1) is 12.6 Å². The minimum atomic E-state index is -0.909. The number of benzene rings is 2. The number of amides is 3. The normalized spacial score (nSPS) is 19.0. The minimum Gasteiger partial charge on any atom is -0.370 e. The van der Waals surface area contributed by atoms with E-state index in [-0.39, 0.29) is 54.0 Å². The first-order chi connectivity index (χ1) is 22.7. The van der Waals surface area contributed by atoms with Gasteiger partial charge in [0.2, 0.25) is 23.5 Å². The molecule has 0 saturated carbocycles. The Kier molecular flexibility index (Phi) is 11.6. The van der Waals surface area contributed by atoms with E-state index in [1.165, 1.54) is 16.2 Å². The van der Waals surface area contributed by atoms with Gasteiger partial charge < -0.3 is 25.8 Å². The van der Waals surface area contributed by atoms with Crippen molar-refractivity contribution in [3.05, 3.63) is 87.3 Å². The number of nitrogens with zero attached hydrogens (tertiary/aromatic N) is 4. The largest absolute Gasteiger partial charge is 0.370 e. The van der Waals surface area contributed by atoms with Gasteiger partial charge in [-0.3, -0.25) is 24.6 Å². The average Bonchev–Trinajstić information content (AvgIpc) is 3.60. The molecule has 4 N–H and O–H groups in total. The number of carbonyl (C=O) groups excluding carboxylic acids is 4. The summed E-state index contributed by atoms with van der Waals surface area (Å²) in [6.07, 6.45) is 5.16. The van der Waals surface area contributed by atoms with Crippen molar-refractivity contribution in [2.45, 2.75) is 50.6 Å². The Morgan fingerprint density at radius 2 is 1.91 bits per heavy atom. The van der Waals surface area contributed by atoms with Crippen LogP contribution >= 0.6 is 22.9 Å². The lowest BCUT2D eigenvalue weighted by atomic mass is 9.90. The van der Waals surface area contributed by atoms with Gasteiger partial charge in [0, 0.05) is 42.7 Å². The number of carbonyl (C=O) groups is 4. The van der Waals surface area contributed by atoms with E-state index >= 15 is 0 Å². The van der Waals surface area contributed by atoms with Crippen LogP contribution in [0, 0.1) is 11.3 Å². The number of piperidine rings is 1. The number of hydrogen-bond donors (Lipinski definition) is 3. The van der Waals surface area contributed by atoms with Crippen molar-refractivity contribution in [2.24, 2.45) is 11.7 Å². The van der Waals surface area contributed by atoms with E-state index in [9.17, 15) is 19.2 Å². The Balaban J connectivity index is 1.30. The zero-order valence-corrected chi connectivity index (χ0v) is 27.7.